The standard InChI is InChI=1S/C36H45F4N5O3/c1-42-14-8-25(9-15-42)26-10-16-44(17-11-26)34(47)28(20-24-6-7-31(37)30(21-24)36(38,39)40)22-33(46)43-18-12-29(13-19-43)45-23-27-4-2-3-5-32(27)41-35(45)48/h2-7,21,25-26,28-29H,8-20,22-23H2,1H3,(H,41,48)/t28-/m1/s1. The van der Waals surface area contributed by atoms with Crippen LogP contribution in [0, 0.1) is 23.6 Å². The summed E-state index contributed by atoms with van der Waals surface area (Å²) in [5.74, 6) is -1.54. The molecule has 2 aromatic rings. The maximum atomic E-state index is 14.1. The summed E-state index contributed by atoms with van der Waals surface area (Å²) in [5.41, 5.74) is 0.632. The third kappa shape index (κ3) is 7.79. The molecule has 6 rings (SSSR count). The van der Waals surface area contributed by atoms with Gasteiger partial charge < -0.3 is 24.9 Å². The first-order valence-electron chi connectivity index (χ1n) is 17.2. The number of nitrogens with one attached hydrogen (secondary N) is 1. The van der Waals surface area contributed by atoms with E-state index in [-0.39, 0.29) is 42.3 Å². The molecular weight excluding hydrogens is 626 g/mol. The highest BCUT2D eigenvalue weighted by atomic mass is 19.4. The Balaban J connectivity index is 1.11. The minimum absolute atomic E-state index is 0.0503. The maximum absolute atomic E-state index is 14.1. The Hall–Kier alpha value is -3.67. The molecule has 0 aliphatic carbocycles. The zero-order chi connectivity index (χ0) is 34.0. The Morgan fingerprint density at radius 2 is 1.50 bits per heavy atom. The Labute approximate surface area is 279 Å². The summed E-state index contributed by atoms with van der Waals surface area (Å²) in [6.45, 7) is 4.57. The van der Waals surface area contributed by atoms with E-state index in [0.29, 0.717) is 57.4 Å². The van der Waals surface area contributed by atoms with Crippen LogP contribution in [-0.2, 0) is 28.7 Å². The summed E-state index contributed by atoms with van der Waals surface area (Å²) in [6, 6.07) is 10.3. The summed E-state index contributed by atoms with van der Waals surface area (Å²) >= 11 is 0. The number of fused-ring (bicyclic) bond motifs is 1. The molecule has 0 saturated carbocycles. The van der Waals surface area contributed by atoms with Crippen LogP contribution in [0.2, 0.25) is 0 Å². The molecule has 48 heavy (non-hydrogen) atoms. The van der Waals surface area contributed by atoms with Crippen molar-refractivity contribution in [1.29, 1.82) is 0 Å². The van der Waals surface area contributed by atoms with E-state index < -0.39 is 23.5 Å². The number of anilines is 1. The maximum Gasteiger partial charge on any atom is 0.419 e. The molecule has 0 radical (unpaired) electrons. The highest BCUT2D eigenvalue weighted by Crippen LogP contribution is 2.35. The first-order valence-corrected chi connectivity index (χ1v) is 17.2. The first-order chi connectivity index (χ1) is 23.0. The van der Waals surface area contributed by atoms with Crippen molar-refractivity contribution in [2.45, 2.75) is 70.1 Å². The zero-order valence-corrected chi connectivity index (χ0v) is 27.5. The van der Waals surface area contributed by atoms with Gasteiger partial charge in [0.1, 0.15) is 5.82 Å². The first kappa shape index (κ1) is 34.2. The fraction of sp³-hybridized carbons (Fsp3) is 0.583. The van der Waals surface area contributed by atoms with Crippen molar-refractivity contribution in [2.24, 2.45) is 17.8 Å². The van der Waals surface area contributed by atoms with Gasteiger partial charge in [-0.15, -0.1) is 0 Å². The lowest BCUT2D eigenvalue weighted by Crippen LogP contribution is -2.51. The molecule has 0 bridgehead atoms. The number of hydrogen-bond acceptors (Lipinski definition) is 4. The van der Waals surface area contributed by atoms with E-state index in [0.717, 1.165) is 62.2 Å². The number of hydrogen-bond donors (Lipinski definition) is 1. The molecular formula is C36H45F4N5O3. The van der Waals surface area contributed by atoms with Gasteiger partial charge in [-0.05, 0) is 106 Å². The number of carbonyl (C=O) groups is 3. The number of nitrogens with zero attached hydrogens (tertiary/aromatic N) is 4. The molecule has 8 nitrogen and oxygen atoms in total. The fourth-order valence-corrected chi connectivity index (χ4v) is 8.08. The summed E-state index contributed by atoms with van der Waals surface area (Å²) in [5, 5.41) is 2.94. The molecule has 0 unspecified atom stereocenters. The SMILES string of the molecule is CN1CCC(C2CCN(C(=O)[C@@H](CC(=O)N3CCC(N4Cc5ccccc5NC4=O)CC3)Cc3ccc(F)c(C(F)(F)F)c3)CC2)CC1. The van der Waals surface area contributed by atoms with Gasteiger partial charge in [-0.25, -0.2) is 9.18 Å². The van der Waals surface area contributed by atoms with E-state index in [1.165, 1.54) is 6.07 Å². The van der Waals surface area contributed by atoms with Gasteiger partial charge in [0.05, 0.1) is 11.5 Å². The van der Waals surface area contributed by atoms with Gasteiger partial charge in [-0.2, -0.15) is 13.2 Å². The molecule has 3 saturated heterocycles. The number of piperidine rings is 3. The fourth-order valence-electron chi connectivity index (χ4n) is 8.08. The van der Waals surface area contributed by atoms with Crippen molar-refractivity contribution >= 4 is 23.5 Å². The number of rotatable bonds is 7. The molecule has 4 heterocycles. The second-order valence-corrected chi connectivity index (χ2v) is 14.0. The second-order valence-electron chi connectivity index (χ2n) is 14.0. The lowest BCUT2D eigenvalue weighted by molar-refractivity contribution is -0.143. The minimum atomic E-state index is -4.87. The average Bonchev–Trinajstić information content (AvgIpc) is 3.08. The van der Waals surface area contributed by atoms with Crippen LogP contribution in [0.4, 0.5) is 28.0 Å². The molecule has 4 amide bonds. The molecule has 12 heteroatoms. The number of halogens is 4. The lowest BCUT2D eigenvalue weighted by Gasteiger charge is -2.41. The van der Waals surface area contributed by atoms with Crippen molar-refractivity contribution in [3.05, 3.63) is 65.0 Å². The van der Waals surface area contributed by atoms with Crippen LogP contribution in [0.5, 0.6) is 0 Å². The molecule has 1 atom stereocenters. The topological polar surface area (TPSA) is 76.2 Å². The van der Waals surface area contributed by atoms with Gasteiger partial charge in [0.25, 0.3) is 0 Å². The third-order valence-corrected chi connectivity index (χ3v) is 11.0. The highest BCUT2D eigenvalue weighted by molar-refractivity contribution is 5.92. The molecule has 0 aromatic heterocycles. The summed E-state index contributed by atoms with van der Waals surface area (Å²) in [7, 11) is 2.13. The smallest absolute Gasteiger partial charge is 0.343 e. The van der Waals surface area contributed by atoms with Crippen LogP contribution < -0.4 is 5.32 Å². The number of carbonyl (C=O) groups excluding carboxylic acids is 3. The van der Waals surface area contributed by atoms with Gasteiger partial charge in [0.15, 0.2) is 0 Å². The number of likely N-dealkylation sites (tertiary alicyclic amines) is 3. The van der Waals surface area contributed by atoms with Gasteiger partial charge >= 0.3 is 12.2 Å². The van der Waals surface area contributed by atoms with Crippen LogP contribution in [0.15, 0.2) is 42.5 Å². The third-order valence-electron chi connectivity index (χ3n) is 11.0. The predicted octanol–water partition coefficient (Wildman–Crippen LogP) is 6.01. The Morgan fingerprint density at radius 3 is 2.17 bits per heavy atom. The summed E-state index contributed by atoms with van der Waals surface area (Å²) in [4.78, 5) is 48.1. The Morgan fingerprint density at radius 1 is 0.875 bits per heavy atom. The van der Waals surface area contributed by atoms with Crippen molar-refractivity contribution in [3.63, 3.8) is 0 Å². The van der Waals surface area contributed by atoms with E-state index in [2.05, 4.69) is 17.3 Å². The molecule has 4 aliphatic rings. The molecule has 1 N–H and O–H groups in total. The van der Waals surface area contributed by atoms with Gasteiger partial charge in [-0.3, -0.25) is 9.59 Å². The molecule has 2 aromatic carbocycles. The van der Waals surface area contributed by atoms with Crippen molar-refractivity contribution in [1.82, 2.24) is 19.6 Å². The van der Waals surface area contributed by atoms with Crippen molar-refractivity contribution in [3.8, 4) is 0 Å². The lowest BCUT2D eigenvalue weighted by atomic mass is 9.78. The predicted molar refractivity (Wildman–Crippen MR) is 173 cm³/mol. The highest BCUT2D eigenvalue weighted by Gasteiger charge is 2.38. The molecule has 3 fully saturated rings. The number of amides is 4. The Bertz CT molecular complexity index is 1480. The van der Waals surface area contributed by atoms with E-state index in [1.807, 2.05) is 24.3 Å². The van der Waals surface area contributed by atoms with Crippen LogP contribution in [0.25, 0.3) is 0 Å². The van der Waals surface area contributed by atoms with Crippen molar-refractivity contribution in [2.75, 3.05) is 51.6 Å². The molecule has 4 aliphatic heterocycles. The van der Waals surface area contributed by atoms with E-state index in [9.17, 15) is 31.9 Å². The minimum Gasteiger partial charge on any atom is -0.343 e. The van der Waals surface area contributed by atoms with Crippen LogP contribution >= 0.6 is 0 Å². The van der Waals surface area contributed by atoms with Crippen molar-refractivity contribution < 1.29 is 31.9 Å². The second kappa shape index (κ2) is 14.4. The quantitative estimate of drug-likeness (QED) is 0.366. The largest absolute Gasteiger partial charge is 0.419 e. The van der Waals surface area contributed by atoms with E-state index in [4.69, 9.17) is 0 Å². The van der Waals surface area contributed by atoms with Gasteiger partial charge in [-0.1, -0.05) is 24.3 Å². The Kier molecular flexibility index (Phi) is 10.3. The number of benzene rings is 2. The number of para-hydroxylation sites is 1. The van der Waals surface area contributed by atoms with E-state index >= 15 is 0 Å². The monoisotopic (exact) mass is 671 g/mol. The molecule has 0 spiro atoms. The van der Waals surface area contributed by atoms with Crippen LogP contribution in [0.3, 0.4) is 0 Å². The normalized spacial score (nSPS) is 21.2. The molecule has 260 valence electrons. The summed E-state index contributed by atoms with van der Waals surface area (Å²) < 4.78 is 54.7. The van der Waals surface area contributed by atoms with Crippen LogP contribution in [0.1, 0.15) is 61.6 Å². The summed E-state index contributed by atoms with van der Waals surface area (Å²) in [6.07, 6.45) is 0.0869. The van der Waals surface area contributed by atoms with E-state index in [1.54, 1.807) is 14.7 Å². The number of urea groups is 1. The number of alkyl halides is 3. The zero-order valence-electron chi connectivity index (χ0n) is 27.5. The van der Waals surface area contributed by atoms with Gasteiger partial charge in [0.2, 0.25) is 11.8 Å². The average molecular weight is 672 g/mol. The van der Waals surface area contributed by atoms with Gasteiger partial charge in [0, 0.05) is 50.9 Å². The van der Waals surface area contributed by atoms with Crippen LogP contribution in [-0.4, -0.2) is 89.8 Å².